The number of carboxylic acid groups (broad SMARTS) is 1. The number of carbonyl (C=O) groups is 2. The Morgan fingerprint density at radius 2 is 1.95 bits per heavy atom. The Morgan fingerprint density at radius 3 is 2.55 bits per heavy atom. The van der Waals surface area contributed by atoms with Crippen molar-refractivity contribution in [3.8, 4) is 5.75 Å². The zero-order valence-corrected chi connectivity index (χ0v) is 13.2. The molecule has 0 bridgehead atoms. The molecule has 0 saturated heterocycles. The van der Waals surface area contributed by atoms with Crippen LogP contribution in [0.2, 0.25) is 0 Å². The van der Waals surface area contributed by atoms with Crippen molar-refractivity contribution in [2.75, 3.05) is 20.8 Å². The van der Waals surface area contributed by atoms with Crippen LogP contribution >= 0.6 is 0 Å². The van der Waals surface area contributed by atoms with Crippen LogP contribution in [0, 0.1) is 5.92 Å². The molecule has 0 saturated carbocycles. The second-order valence-electron chi connectivity index (χ2n) is 5.24. The number of nitrogens with one attached hydrogen (secondary N) is 1. The smallest absolute Gasteiger partial charge is 0.328 e. The zero-order valence-electron chi connectivity index (χ0n) is 13.2. The number of hydrogen-bond donors (Lipinski definition) is 2. The van der Waals surface area contributed by atoms with Gasteiger partial charge < -0.3 is 19.9 Å². The molecule has 0 radical (unpaired) electrons. The molecule has 122 valence electrons. The molecule has 0 aromatic heterocycles. The quantitative estimate of drug-likeness (QED) is 0.722. The molecule has 0 aliphatic heterocycles. The number of rotatable bonds is 9. The van der Waals surface area contributed by atoms with Gasteiger partial charge in [-0.2, -0.15) is 0 Å². The molecule has 1 amide bonds. The number of aliphatic carboxylic acids is 1. The highest BCUT2D eigenvalue weighted by Crippen LogP contribution is 2.22. The predicted octanol–water partition coefficient (Wildman–Crippen LogP) is 1.48. The number of ether oxygens (including phenoxy) is 2. The van der Waals surface area contributed by atoms with Crippen molar-refractivity contribution in [3.05, 3.63) is 29.8 Å². The van der Waals surface area contributed by atoms with Gasteiger partial charge in [-0.15, -0.1) is 0 Å². The minimum atomic E-state index is -1.10. The first kappa shape index (κ1) is 18.0. The van der Waals surface area contributed by atoms with Gasteiger partial charge >= 0.3 is 5.97 Å². The molecule has 6 nitrogen and oxygen atoms in total. The first-order valence-corrected chi connectivity index (χ1v) is 7.11. The van der Waals surface area contributed by atoms with Crippen molar-refractivity contribution < 1.29 is 24.2 Å². The van der Waals surface area contributed by atoms with E-state index in [0.29, 0.717) is 6.42 Å². The fourth-order valence-corrected chi connectivity index (χ4v) is 2.23. The van der Waals surface area contributed by atoms with Crippen molar-refractivity contribution in [3.63, 3.8) is 0 Å². The summed E-state index contributed by atoms with van der Waals surface area (Å²) in [6, 6.07) is 6.63. The number of para-hydroxylation sites is 1. The second kappa shape index (κ2) is 9.04. The maximum absolute atomic E-state index is 11.9. The topological polar surface area (TPSA) is 84.9 Å². The van der Waals surface area contributed by atoms with Crippen LogP contribution in [-0.4, -0.2) is 43.9 Å². The summed E-state index contributed by atoms with van der Waals surface area (Å²) >= 11 is 0. The molecule has 0 spiro atoms. The highest BCUT2D eigenvalue weighted by molar-refractivity contribution is 5.83. The van der Waals surface area contributed by atoms with E-state index in [2.05, 4.69) is 5.32 Å². The Bertz CT molecular complexity index is 503. The van der Waals surface area contributed by atoms with E-state index in [-0.39, 0.29) is 24.9 Å². The van der Waals surface area contributed by atoms with Crippen LogP contribution in [0.15, 0.2) is 24.3 Å². The monoisotopic (exact) mass is 309 g/mol. The Labute approximate surface area is 130 Å². The average molecular weight is 309 g/mol. The summed E-state index contributed by atoms with van der Waals surface area (Å²) in [4.78, 5) is 22.9. The fourth-order valence-electron chi connectivity index (χ4n) is 2.23. The van der Waals surface area contributed by atoms with Crippen molar-refractivity contribution >= 4 is 11.9 Å². The number of carboxylic acids is 1. The Kier molecular flexibility index (Phi) is 7.39. The molecular weight excluding hydrogens is 286 g/mol. The summed E-state index contributed by atoms with van der Waals surface area (Å²) in [6.45, 7) is 1.89. The molecule has 2 unspecified atom stereocenters. The van der Waals surface area contributed by atoms with Crippen molar-refractivity contribution in [1.29, 1.82) is 0 Å². The van der Waals surface area contributed by atoms with Gasteiger partial charge in [-0.25, -0.2) is 4.79 Å². The van der Waals surface area contributed by atoms with Crippen LogP contribution in [0.4, 0.5) is 0 Å². The lowest BCUT2D eigenvalue weighted by Gasteiger charge is -2.17. The Balaban J connectivity index is 2.55. The molecule has 0 heterocycles. The third-order valence-electron chi connectivity index (χ3n) is 3.26. The first-order chi connectivity index (χ1) is 10.5. The van der Waals surface area contributed by atoms with Crippen molar-refractivity contribution in [1.82, 2.24) is 5.32 Å². The fraction of sp³-hybridized carbons (Fsp3) is 0.500. The number of carbonyl (C=O) groups excluding carboxylic acids is 1. The van der Waals surface area contributed by atoms with Crippen LogP contribution in [0.25, 0.3) is 0 Å². The number of benzene rings is 1. The van der Waals surface area contributed by atoms with E-state index in [1.807, 2.05) is 31.2 Å². The normalized spacial score (nSPS) is 13.2. The second-order valence-corrected chi connectivity index (χ2v) is 5.24. The van der Waals surface area contributed by atoms with Crippen LogP contribution in [-0.2, 0) is 20.7 Å². The molecule has 0 fully saturated rings. The van der Waals surface area contributed by atoms with Gasteiger partial charge in [-0.05, 0) is 24.0 Å². The lowest BCUT2D eigenvalue weighted by Crippen LogP contribution is -2.44. The van der Waals surface area contributed by atoms with E-state index in [0.717, 1.165) is 11.3 Å². The first-order valence-electron chi connectivity index (χ1n) is 7.11. The maximum atomic E-state index is 11.9. The summed E-state index contributed by atoms with van der Waals surface area (Å²) < 4.78 is 10.1. The molecule has 0 aliphatic rings. The largest absolute Gasteiger partial charge is 0.496 e. The van der Waals surface area contributed by atoms with E-state index in [4.69, 9.17) is 14.6 Å². The molecule has 1 aromatic rings. The van der Waals surface area contributed by atoms with E-state index in [1.54, 1.807) is 7.11 Å². The van der Waals surface area contributed by atoms with Gasteiger partial charge in [-0.3, -0.25) is 4.79 Å². The van der Waals surface area contributed by atoms with E-state index in [1.165, 1.54) is 7.11 Å². The van der Waals surface area contributed by atoms with Gasteiger partial charge in [0.1, 0.15) is 5.75 Å². The molecule has 1 rings (SSSR count). The van der Waals surface area contributed by atoms with Gasteiger partial charge in [-0.1, -0.05) is 25.1 Å². The Hall–Kier alpha value is -2.08. The minimum absolute atomic E-state index is 0.0536. The van der Waals surface area contributed by atoms with Gasteiger partial charge in [0.2, 0.25) is 5.91 Å². The van der Waals surface area contributed by atoms with E-state index < -0.39 is 12.0 Å². The Morgan fingerprint density at radius 1 is 1.27 bits per heavy atom. The highest BCUT2D eigenvalue weighted by Gasteiger charge is 2.21. The maximum Gasteiger partial charge on any atom is 0.328 e. The van der Waals surface area contributed by atoms with Gasteiger partial charge in [0.05, 0.1) is 13.7 Å². The third-order valence-corrected chi connectivity index (χ3v) is 3.26. The van der Waals surface area contributed by atoms with Crippen LogP contribution < -0.4 is 10.1 Å². The summed E-state index contributed by atoms with van der Waals surface area (Å²) in [5.41, 5.74) is 1.02. The summed E-state index contributed by atoms with van der Waals surface area (Å²) in [5, 5.41) is 11.4. The number of hydrogen-bond acceptors (Lipinski definition) is 4. The molecule has 22 heavy (non-hydrogen) atoms. The standard InChI is InChI=1S/C16H23NO5/c1-11(8-12-6-4-5-7-14(12)22-3)9-15(18)17-13(10-21-2)16(19)20/h4-7,11,13H,8-10H2,1-3H3,(H,17,18)(H,19,20). The molecule has 2 N–H and O–H groups in total. The molecule has 1 aromatic carbocycles. The predicted molar refractivity (Wildman–Crippen MR) is 81.9 cm³/mol. The van der Waals surface area contributed by atoms with Gasteiger partial charge in [0.15, 0.2) is 6.04 Å². The van der Waals surface area contributed by atoms with E-state index in [9.17, 15) is 9.59 Å². The number of amides is 1. The molecular formula is C16H23NO5. The lowest BCUT2D eigenvalue weighted by atomic mass is 9.97. The summed E-state index contributed by atoms with van der Waals surface area (Å²) in [5.74, 6) is -0.551. The SMILES string of the molecule is COCC(NC(=O)CC(C)Cc1ccccc1OC)C(=O)O. The van der Waals surface area contributed by atoms with Crippen LogP contribution in [0.5, 0.6) is 5.75 Å². The van der Waals surface area contributed by atoms with Crippen LogP contribution in [0.1, 0.15) is 18.9 Å². The zero-order chi connectivity index (χ0) is 16.5. The molecule has 2 atom stereocenters. The average Bonchev–Trinajstić information content (AvgIpc) is 2.47. The molecule has 6 heteroatoms. The van der Waals surface area contributed by atoms with E-state index >= 15 is 0 Å². The van der Waals surface area contributed by atoms with Gasteiger partial charge in [0, 0.05) is 13.5 Å². The minimum Gasteiger partial charge on any atom is -0.496 e. The molecule has 0 aliphatic carbocycles. The summed E-state index contributed by atoms with van der Waals surface area (Å²) in [7, 11) is 3.00. The van der Waals surface area contributed by atoms with Crippen LogP contribution in [0.3, 0.4) is 0 Å². The van der Waals surface area contributed by atoms with Crippen molar-refractivity contribution in [2.24, 2.45) is 5.92 Å². The lowest BCUT2D eigenvalue weighted by molar-refractivity contribution is -0.143. The van der Waals surface area contributed by atoms with Gasteiger partial charge in [0.25, 0.3) is 0 Å². The van der Waals surface area contributed by atoms with Crippen molar-refractivity contribution in [2.45, 2.75) is 25.8 Å². The highest BCUT2D eigenvalue weighted by atomic mass is 16.5. The summed E-state index contributed by atoms with van der Waals surface area (Å²) in [6.07, 6.45) is 0.922. The number of methoxy groups -OCH3 is 2. The third kappa shape index (κ3) is 5.73.